The lowest BCUT2D eigenvalue weighted by molar-refractivity contribution is 0.127. The lowest BCUT2D eigenvalue weighted by Gasteiger charge is -2.28. The topological polar surface area (TPSA) is 26.7 Å². The zero-order valence-electron chi connectivity index (χ0n) is 9.74. The van der Waals surface area contributed by atoms with Gasteiger partial charge in [0.1, 0.15) is 0 Å². The van der Waals surface area contributed by atoms with Gasteiger partial charge in [0.15, 0.2) is 0 Å². The fourth-order valence-electron chi connectivity index (χ4n) is 2.13. The minimum Gasteiger partial charge on any atom is -0.395 e. The highest BCUT2D eigenvalue weighted by atomic mass is 16.3. The zero-order valence-corrected chi connectivity index (χ0v) is 9.74. The first-order valence-corrected chi connectivity index (χ1v) is 5.67. The lowest BCUT2D eigenvalue weighted by atomic mass is 10.2. The molecular formula is C11H24N2O. The minimum absolute atomic E-state index is 0.283. The number of aliphatic hydroxyl groups is 1. The molecule has 1 unspecified atom stereocenters. The predicted molar refractivity (Wildman–Crippen MR) is 59.4 cm³/mol. The van der Waals surface area contributed by atoms with Crippen LogP contribution in [0.3, 0.4) is 0 Å². The Bertz CT molecular complexity index is 161. The highest BCUT2D eigenvalue weighted by Gasteiger charge is 2.21. The van der Waals surface area contributed by atoms with Gasteiger partial charge >= 0.3 is 0 Å². The third kappa shape index (κ3) is 3.56. The Morgan fingerprint density at radius 1 is 1.36 bits per heavy atom. The Morgan fingerprint density at radius 2 is 2.07 bits per heavy atom. The number of hydrogen-bond donors (Lipinski definition) is 1. The van der Waals surface area contributed by atoms with Crippen LogP contribution >= 0.6 is 0 Å². The quantitative estimate of drug-likeness (QED) is 0.724. The zero-order chi connectivity index (χ0) is 10.6. The van der Waals surface area contributed by atoms with Crippen molar-refractivity contribution in [3.63, 3.8) is 0 Å². The normalized spacial score (nSPS) is 26.8. The molecule has 1 N–H and O–H groups in total. The van der Waals surface area contributed by atoms with E-state index >= 15 is 0 Å². The van der Waals surface area contributed by atoms with Gasteiger partial charge in [-0.1, -0.05) is 13.8 Å². The highest BCUT2D eigenvalue weighted by molar-refractivity contribution is 4.77. The standard InChI is InChI=1S/C11H24N2O/c1-10(2)7-13-6-4-5-12(3)11(8-13)9-14/h10-11,14H,4-9H2,1-3H3. The van der Waals surface area contributed by atoms with Crippen molar-refractivity contribution in [2.75, 3.05) is 39.8 Å². The predicted octanol–water partition coefficient (Wildman–Crippen LogP) is 0.641. The SMILES string of the molecule is CC(C)CN1CCCN(C)C(CO)C1. The average Bonchev–Trinajstić information content (AvgIpc) is 2.27. The Hall–Kier alpha value is -0.120. The van der Waals surface area contributed by atoms with Crippen molar-refractivity contribution in [3.05, 3.63) is 0 Å². The van der Waals surface area contributed by atoms with Crippen molar-refractivity contribution in [3.8, 4) is 0 Å². The van der Waals surface area contributed by atoms with E-state index in [-0.39, 0.29) is 6.61 Å². The van der Waals surface area contributed by atoms with Gasteiger partial charge in [0.2, 0.25) is 0 Å². The molecule has 0 amide bonds. The van der Waals surface area contributed by atoms with Crippen LogP contribution in [0.1, 0.15) is 20.3 Å². The molecule has 0 radical (unpaired) electrons. The molecular weight excluding hydrogens is 176 g/mol. The molecule has 3 nitrogen and oxygen atoms in total. The molecule has 0 spiro atoms. The average molecular weight is 200 g/mol. The third-order valence-electron chi connectivity index (χ3n) is 2.91. The maximum absolute atomic E-state index is 9.27. The molecule has 1 rings (SSSR count). The van der Waals surface area contributed by atoms with Crippen LogP contribution in [0.25, 0.3) is 0 Å². The summed E-state index contributed by atoms with van der Waals surface area (Å²) in [5.74, 6) is 0.720. The second kappa shape index (κ2) is 5.69. The molecule has 1 atom stereocenters. The van der Waals surface area contributed by atoms with Gasteiger partial charge in [0.05, 0.1) is 6.61 Å². The summed E-state index contributed by atoms with van der Waals surface area (Å²) in [6.07, 6.45) is 1.22. The molecule has 1 aliphatic heterocycles. The summed E-state index contributed by atoms with van der Waals surface area (Å²) < 4.78 is 0. The van der Waals surface area contributed by atoms with Crippen molar-refractivity contribution in [1.82, 2.24) is 9.80 Å². The molecule has 3 heteroatoms. The first kappa shape index (κ1) is 12.0. The molecule has 1 aliphatic rings. The van der Waals surface area contributed by atoms with E-state index in [9.17, 15) is 5.11 Å². The van der Waals surface area contributed by atoms with E-state index in [0.29, 0.717) is 6.04 Å². The smallest absolute Gasteiger partial charge is 0.0599 e. The van der Waals surface area contributed by atoms with Crippen LogP contribution in [-0.4, -0.2) is 60.8 Å². The Morgan fingerprint density at radius 3 is 2.64 bits per heavy atom. The summed E-state index contributed by atoms with van der Waals surface area (Å²) >= 11 is 0. The monoisotopic (exact) mass is 200 g/mol. The van der Waals surface area contributed by atoms with Crippen molar-refractivity contribution in [2.24, 2.45) is 5.92 Å². The van der Waals surface area contributed by atoms with E-state index in [4.69, 9.17) is 0 Å². The Balaban J connectivity index is 2.45. The van der Waals surface area contributed by atoms with Gasteiger partial charge in [-0.25, -0.2) is 0 Å². The fourth-order valence-corrected chi connectivity index (χ4v) is 2.13. The summed E-state index contributed by atoms with van der Waals surface area (Å²) in [6, 6.07) is 0.330. The van der Waals surface area contributed by atoms with Crippen LogP contribution in [0, 0.1) is 5.92 Å². The summed E-state index contributed by atoms with van der Waals surface area (Å²) in [5.41, 5.74) is 0. The van der Waals surface area contributed by atoms with Gasteiger partial charge < -0.3 is 10.0 Å². The number of rotatable bonds is 3. The first-order valence-electron chi connectivity index (χ1n) is 5.67. The first-order chi connectivity index (χ1) is 6.63. The minimum atomic E-state index is 0.283. The maximum atomic E-state index is 9.27. The van der Waals surface area contributed by atoms with E-state index < -0.39 is 0 Å². The number of aliphatic hydroxyl groups excluding tert-OH is 1. The second-order valence-corrected chi connectivity index (χ2v) is 4.82. The lowest BCUT2D eigenvalue weighted by Crippen LogP contribution is -2.42. The van der Waals surface area contributed by atoms with Gasteiger partial charge in [0, 0.05) is 19.1 Å². The van der Waals surface area contributed by atoms with E-state index in [1.54, 1.807) is 0 Å². The van der Waals surface area contributed by atoms with Crippen LogP contribution in [0.4, 0.5) is 0 Å². The molecule has 84 valence electrons. The van der Waals surface area contributed by atoms with Crippen LogP contribution in [0.2, 0.25) is 0 Å². The number of hydrogen-bond acceptors (Lipinski definition) is 3. The largest absolute Gasteiger partial charge is 0.395 e. The molecule has 0 aromatic heterocycles. The van der Waals surface area contributed by atoms with Gasteiger partial charge in [0.25, 0.3) is 0 Å². The van der Waals surface area contributed by atoms with Crippen LogP contribution in [0.15, 0.2) is 0 Å². The molecule has 0 bridgehead atoms. The molecule has 0 aromatic carbocycles. The van der Waals surface area contributed by atoms with Gasteiger partial charge in [-0.15, -0.1) is 0 Å². The van der Waals surface area contributed by atoms with Crippen LogP contribution in [0.5, 0.6) is 0 Å². The van der Waals surface area contributed by atoms with Crippen LogP contribution in [-0.2, 0) is 0 Å². The van der Waals surface area contributed by atoms with Crippen molar-refractivity contribution >= 4 is 0 Å². The molecule has 1 saturated heterocycles. The Labute approximate surface area is 87.7 Å². The molecule has 0 aliphatic carbocycles. The molecule has 1 heterocycles. The molecule has 0 aromatic rings. The number of nitrogens with zero attached hydrogens (tertiary/aromatic N) is 2. The van der Waals surface area contributed by atoms with Crippen molar-refractivity contribution < 1.29 is 5.11 Å². The van der Waals surface area contributed by atoms with Crippen molar-refractivity contribution in [1.29, 1.82) is 0 Å². The van der Waals surface area contributed by atoms with E-state index in [0.717, 1.165) is 25.6 Å². The number of likely N-dealkylation sites (N-methyl/N-ethyl adjacent to an activating group) is 1. The molecule has 0 saturated carbocycles. The summed E-state index contributed by atoms with van der Waals surface area (Å²) in [4.78, 5) is 4.76. The third-order valence-corrected chi connectivity index (χ3v) is 2.91. The van der Waals surface area contributed by atoms with E-state index in [1.807, 2.05) is 0 Å². The summed E-state index contributed by atoms with van der Waals surface area (Å²) in [7, 11) is 2.11. The van der Waals surface area contributed by atoms with E-state index in [1.165, 1.54) is 13.0 Å². The molecule has 14 heavy (non-hydrogen) atoms. The van der Waals surface area contributed by atoms with Gasteiger partial charge in [-0.2, -0.15) is 0 Å². The maximum Gasteiger partial charge on any atom is 0.0599 e. The van der Waals surface area contributed by atoms with Gasteiger partial charge in [-0.3, -0.25) is 4.90 Å². The highest BCUT2D eigenvalue weighted by Crippen LogP contribution is 2.09. The summed E-state index contributed by atoms with van der Waals surface area (Å²) in [5, 5.41) is 9.27. The van der Waals surface area contributed by atoms with E-state index in [2.05, 4.69) is 30.7 Å². The Kier molecular flexibility index (Phi) is 4.85. The summed E-state index contributed by atoms with van der Waals surface area (Å²) in [6.45, 7) is 9.25. The van der Waals surface area contributed by atoms with Gasteiger partial charge in [-0.05, 0) is 32.5 Å². The second-order valence-electron chi connectivity index (χ2n) is 4.82. The fraction of sp³-hybridized carbons (Fsp3) is 1.00. The van der Waals surface area contributed by atoms with Crippen molar-refractivity contribution in [2.45, 2.75) is 26.3 Å². The molecule has 1 fully saturated rings. The van der Waals surface area contributed by atoms with Crippen LogP contribution < -0.4 is 0 Å².